The van der Waals surface area contributed by atoms with E-state index in [9.17, 15) is 30.8 Å². The maximum Gasteiger partial charge on any atom is 0.417 e. The quantitative estimate of drug-likeness (QED) is 0.762. The van der Waals surface area contributed by atoms with Crippen LogP contribution >= 0.6 is 0 Å². The van der Waals surface area contributed by atoms with Crippen LogP contribution in [0.4, 0.5) is 23.2 Å². The fraction of sp³-hybridized carbons (Fsp3) is 0.278. The highest BCUT2D eigenvalue weighted by molar-refractivity contribution is 7.89. The molecule has 1 saturated heterocycles. The molecule has 0 aromatic heterocycles. The molecule has 0 spiro atoms. The van der Waals surface area contributed by atoms with Gasteiger partial charge in [-0.05, 0) is 42.3 Å². The van der Waals surface area contributed by atoms with Crippen LogP contribution in [0, 0.1) is 11.7 Å². The van der Waals surface area contributed by atoms with Crippen LogP contribution in [0.25, 0.3) is 0 Å². The van der Waals surface area contributed by atoms with E-state index in [1.165, 1.54) is 35.2 Å². The van der Waals surface area contributed by atoms with Gasteiger partial charge in [0.1, 0.15) is 5.82 Å². The summed E-state index contributed by atoms with van der Waals surface area (Å²) in [5.74, 6) is -1.15. The first-order chi connectivity index (χ1) is 13.1. The fourth-order valence-electron chi connectivity index (χ4n) is 3.03. The normalized spacial score (nSPS) is 17.9. The number of carbonyl (C=O) groups is 1. The molecule has 28 heavy (non-hydrogen) atoms. The summed E-state index contributed by atoms with van der Waals surface area (Å²) in [6.45, 7) is -0.0220. The molecule has 1 atom stereocenters. The van der Waals surface area contributed by atoms with E-state index in [1.54, 1.807) is 0 Å². The highest BCUT2D eigenvalue weighted by Gasteiger charge is 2.37. The molecule has 1 aliphatic heterocycles. The van der Waals surface area contributed by atoms with E-state index in [4.69, 9.17) is 0 Å². The molecule has 1 fully saturated rings. The van der Waals surface area contributed by atoms with E-state index in [0.717, 1.165) is 12.1 Å². The number of halogens is 4. The summed E-state index contributed by atoms with van der Waals surface area (Å²) in [6, 6.07) is 9.16. The molecule has 1 heterocycles. The lowest BCUT2D eigenvalue weighted by atomic mass is 10.1. The van der Waals surface area contributed by atoms with Crippen LogP contribution in [0.5, 0.6) is 0 Å². The second-order valence-corrected chi connectivity index (χ2v) is 8.13. The minimum atomic E-state index is -4.81. The number of benzene rings is 2. The van der Waals surface area contributed by atoms with Gasteiger partial charge in [-0.1, -0.05) is 12.1 Å². The van der Waals surface area contributed by atoms with E-state index < -0.39 is 38.4 Å². The van der Waals surface area contributed by atoms with E-state index in [-0.39, 0.29) is 25.4 Å². The number of alkyl halides is 3. The van der Waals surface area contributed by atoms with Crippen molar-refractivity contribution in [1.82, 2.24) is 4.72 Å². The first kappa shape index (κ1) is 20.3. The number of amides is 1. The SMILES string of the molecule is O=C1CC(CNS(=O)(=O)c2ccccc2C(F)(F)F)CN1c1ccc(F)cc1. The zero-order valence-corrected chi connectivity index (χ0v) is 15.2. The van der Waals surface area contributed by atoms with Crippen LogP contribution in [0.15, 0.2) is 53.4 Å². The predicted octanol–water partition coefficient (Wildman–Crippen LogP) is 3.18. The van der Waals surface area contributed by atoms with Gasteiger partial charge in [0, 0.05) is 25.2 Å². The zero-order valence-electron chi connectivity index (χ0n) is 14.4. The summed E-state index contributed by atoms with van der Waals surface area (Å²) in [5.41, 5.74) is -0.780. The molecule has 5 nitrogen and oxygen atoms in total. The lowest BCUT2D eigenvalue weighted by molar-refractivity contribution is -0.139. The van der Waals surface area contributed by atoms with Crippen LogP contribution in [-0.4, -0.2) is 27.4 Å². The van der Waals surface area contributed by atoms with E-state index in [2.05, 4.69) is 4.72 Å². The fourth-order valence-corrected chi connectivity index (χ4v) is 4.37. The molecule has 0 radical (unpaired) electrons. The first-order valence-corrected chi connectivity index (χ1v) is 9.78. The zero-order chi connectivity index (χ0) is 20.5. The molecule has 2 aromatic rings. The molecule has 0 aliphatic carbocycles. The maximum absolute atomic E-state index is 13.1. The number of hydrogen-bond acceptors (Lipinski definition) is 3. The summed E-state index contributed by atoms with van der Waals surface area (Å²) >= 11 is 0. The molecule has 0 saturated carbocycles. The number of nitrogens with zero attached hydrogens (tertiary/aromatic N) is 1. The highest BCUT2D eigenvalue weighted by Crippen LogP contribution is 2.34. The van der Waals surface area contributed by atoms with E-state index in [1.807, 2.05) is 0 Å². The topological polar surface area (TPSA) is 66.5 Å². The minimum absolute atomic E-state index is 0.0286. The molecule has 1 amide bonds. The number of carbonyl (C=O) groups excluding carboxylic acids is 1. The van der Waals surface area contributed by atoms with Crippen molar-refractivity contribution in [3.63, 3.8) is 0 Å². The molecule has 1 N–H and O–H groups in total. The van der Waals surface area contributed by atoms with Crippen molar-refractivity contribution < 1.29 is 30.8 Å². The summed E-state index contributed by atoms with van der Waals surface area (Å²) in [6.07, 6.45) is -4.78. The molecular weight excluding hydrogens is 400 g/mol. The Bertz CT molecular complexity index is 975. The van der Waals surface area contributed by atoms with Gasteiger partial charge in [0.15, 0.2) is 0 Å². The number of nitrogens with one attached hydrogen (secondary N) is 1. The Morgan fingerprint density at radius 2 is 1.71 bits per heavy atom. The monoisotopic (exact) mass is 416 g/mol. The smallest absolute Gasteiger partial charge is 0.312 e. The second kappa shape index (κ2) is 7.51. The van der Waals surface area contributed by atoms with Crippen molar-refractivity contribution in [1.29, 1.82) is 0 Å². The third-order valence-corrected chi connectivity index (χ3v) is 5.87. The van der Waals surface area contributed by atoms with Crippen molar-refractivity contribution >= 4 is 21.6 Å². The van der Waals surface area contributed by atoms with Crippen molar-refractivity contribution in [2.75, 3.05) is 18.0 Å². The highest BCUT2D eigenvalue weighted by atomic mass is 32.2. The number of anilines is 1. The van der Waals surface area contributed by atoms with Gasteiger partial charge in [0.05, 0.1) is 10.5 Å². The van der Waals surface area contributed by atoms with Crippen LogP contribution < -0.4 is 9.62 Å². The summed E-state index contributed by atoms with van der Waals surface area (Å²) in [4.78, 5) is 12.7. The molecule has 1 unspecified atom stereocenters. The Labute approximate surface area is 159 Å². The summed E-state index contributed by atoms with van der Waals surface area (Å²) in [7, 11) is -4.42. The van der Waals surface area contributed by atoms with E-state index in [0.29, 0.717) is 11.8 Å². The van der Waals surface area contributed by atoms with Crippen LogP contribution in [0.2, 0.25) is 0 Å². The number of sulfonamides is 1. The van der Waals surface area contributed by atoms with Gasteiger partial charge in [-0.25, -0.2) is 17.5 Å². The Morgan fingerprint density at radius 3 is 2.36 bits per heavy atom. The lowest BCUT2D eigenvalue weighted by Crippen LogP contribution is -2.32. The molecular formula is C18H16F4N2O3S. The van der Waals surface area contributed by atoms with Gasteiger partial charge in [0.2, 0.25) is 15.9 Å². The first-order valence-electron chi connectivity index (χ1n) is 8.30. The van der Waals surface area contributed by atoms with E-state index >= 15 is 0 Å². The second-order valence-electron chi connectivity index (χ2n) is 6.40. The third kappa shape index (κ3) is 4.33. The average Bonchev–Trinajstić information content (AvgIpc) is 3.01. The summed E-state index contributed by atoms with van der Waals surface area (Å²) in [5, 5.41) is 0. The number of hydrogen-bond donors (Lipinski definition) is 1. The molecule has 0 bridgehead atoms. The van der Waals surface area contributed by atoms with Gasteiger partial charge in [-0.2, -0.15) is 13.2 Å². The third-order valence-electron chi connectivity index (χ3n) is 4.39. The van der Waals surface area contributed by atoms with Crippen molar-refractivity contribution in [3.8, 4) is 0 Å². The standard InChI is InChI=1S/C18H16F4N2O3S/c19-13-5-7-14(8-6-13)24-11-12(9-17(24)25)10-23-28(26,27)16-4-2-1-3-15(16)18(20,21)22/h1-8,12,23H,9-11H2. The Kier molecular flexibility index (Phi) is 5.44. The van der Waals surface area contributed by atoms with Crippen LogP contribution in [0.3, 0.4) is 0 Å². The van der Waals surface area contributed by atoms with Gasteiger partial charge in [-0.15, -0.1) is 0 Å². The molecule has 10 heteroatoms. The van der Waals surface area contributed by atoms with Gasteiger partial charge in [-0.3, -0.25) is 4.79 Å². The predicted molar refractivity (Wildman–Crippen MR) is 93.5 cm³/mol. The Hall–Kier alpha value is -2.46. The average molecular weight is 416 g/mol. The molecule has 3 rings (SSSR count). The Morgan fingerprint density at radius 1 is 1.07 bits per heavy atom. The molecule has 150 valence electrons. The minimum Gasteiger partial charge on any atom is -0.312 e. The Balaban J connectivity index is 1.71. The molecule has 1 aliphatic rings. The molecule has 2 aromatic carbocycles. The van der Waals surface area contributed by atoms with Crippen LogP contribution in [0.1, 0.15) is 12.0 Å². The lowest BCUT2D eigenvalue weighted by Gasteiger charge is -2.17. The summed E-state index contributed by atoms with van der Waals surface area (Å²) < 4.78 is 79.1. The maximum atomic E-state index is 13.1. The van der Waals surface area contributed by atoms with Gasteiger partial charge in [0.25, 0.3) is 0 Å². The van der Waals surface area contributed by atoms with Gasteiger partial charge < -0.3 is 4.90 Å². The van der Waals surface area contributed by atoms with Gasteiger partial charge >= 0.3 is 6.18 Å². The number of rotatable bonds is 5. The van der Waals surface area contributed by atoms with Crippen LogP contribution in [-0.2, 0) is 21.0 Å². The van der Waals surface area contributed by atoms with Crippen molar-refractivity contribution in [3.05, 3.63) is 59.9 Å². The van der Waals surface area contributed by atoms with Crippen molar-refractivity contribution in [2.45, 2.75) is 17.5 Å². The largest absolute Gasteiger partial charge is 0.417 e. The van der Waals surface area contributed by atoms with Crippen molar-refractivity contribution in [2.24, 2.45) is 5.92 Å².